The number of hydrogen-bond donors (Lipinski definition) is 0. The van der Waals surface area contributed by atoms with Gasteiger partial charge in [0.1, 0.15) is 6.04 Å². The van der Waals surface area contributed by atoms with E-state index in [0.717, 1.165) is 42.9 Å². The summed E-state index contributed by atoms with van der Waals surface area (Å²) < 4.78 is 5.40. The van der Waals surface area contributed by atoms with Gasteiger partial charge in [-0.2, -0.15) is 4.98 Å². The molecule has 1 amide bonds. The molecule has 0 bridgehead atoms. The van der Waals surface area contributed by atoms with Crippen LogP contribution >= 0.6 is 11.3 Å². The summed E-state index contributed by atoms with van der Waals surface area (Å²) >= 11 is 1.48. The molecule has 1 unspecified atom stereocenters. The molecule has 0 aromatic carbocycles. The average Bonchev–Trinajstić information content (AvgIpc) is 2.97. The van der Waals surface area contributed by atoms with Gasteiger partial charge in [0, 0.05) is 12.5 Å². The molecule has 1 aliphatic carbocycles. The Balaban J connectivity index is 1.58. The van der Waals surface area contributed by atoms with Crippen LogP contribution < -0.4 is 0 Å². The van der Waals surface area contributed by atoms with Crippen molar-refractivity contribution >= 4 is 17.2 Å². The first-order valence-corrected chi connectivity index (χ1v) is 7.89. The van der Waals surface area contributed by atoms with Crippen molar-refractivity contribution in [2.45, 2.75) is 37.6 Å². The topological polar surface area (TPSA) is 59.2 Å². The standard InChI is InChI=1S/C14H15N3O2S/c18-14(11-4-2-8-20-11)17-7-1-3-10(17)13-15-12(16-19-13)9-5-6-9/h2,4,8-10H,1,3,5-7H2. The number of thiophene rings is 1. The molecule has 2 aromatic rings. The Bertz CT molecular complexity index is 618. The van der Waals surface area contributed by atoms with Gasteiger partial charge in [-0.1, -0.05) is 11.2 Å². The van der Waals surface area contributed by atoms with Crippen molar-refractivity contribution in [1.29, 1.82) is 0 Å². The molecule has 1 atom stereocenters. The fourth-order valence-electron chi connectivity index (χ4n) is 2.70. The van der Waals surface area contributed by atoms with Gasteiger partial charge in [-0.15, -0.1) is 11.3 Å². The predicted octanol–water partition coefficient (Wildman–Crippen LogP) is 2.99. The molecule has 1 saturated carbocycles. The van der Waals surface area contributed by atoms with Crippen LogP contribution in [0.15, 0.2) is 22.0 Å². The Labute approximate surface area is 120 Å². The Kier molecular flexibility index (Phi) is 2.84. The van der Waals surface area contributed by atoms with Gasteiger partial charge in [0.05, 0.1) is 4.88 Å². The van der Waals surface area contributed by atoms with E-state index in [-0.39, 0.29) is 11.9 Å². The summed E-state index contributed by atoms with van der Waals surface area (Å²) in [5.41, 5.74) is 0. The zero-order valence-corrected chi connectivity index (χ0v) is 11.8. The van der Waals surface area contributed by atoms with Crippen molar-refractivity contribution in [3.05, 3.63) is 34.1 Å². The lowest BCUT2D eigenvalue weighted by molar-refractivity contribution is 0.0715. The minimum Gasteiger partial charge on any atom is -0.337 e. The monoisotopic (exact) mass is 289 g/mol. The fraction of sp³-hybridized carbons (Fsp3) is 0.500. The lowest BCUT2D eigenvalue weighted by atomic mass is 10.2. The van der Waals surface area contributed by atoms with Gasteiger partial charge in [0.25, 0.3) is 5.91 Å². The fourth-order valence-corrected chi connectivity index (χ4v) is 3.38. The Morgan fingerprint density at radius 1 is 1.40 bits per heavy atom. The molecule has 2 aliphatic rings. The Morgan fingerprint density at radius 2 is 2.30 bits per heavy atom. The number of rotatable bonds is 3. The number of aromatic nitrogens is 2. The summed E-state index contributed by atoms with van der Waals surface area (Å²) in [6.45, 7) is 0.766. The third kappa shape index (κ3) is 2.04. The third-order valence-electron chi connectivity index (χ3n) is 3.93. The number of carbonyl (C=O) groups excluding carboxylic acids is 1. The molecular weight excluding hydrogens is 274 g/mol. The normalized spacial score (nSPS) is 22.4. The highest BCUT2D eigenvalue weighted by Gasteiger charge is 2.36. The van der Waals surface area contributed by atoms with Gasteiger partial charge in [-0.25, -0.2) is 0 Å². The summed E-state index contributed by atoms with van der Waals surface area (Å²) in [6, 6.07) is 3.72. The zero-order valence-electron chi connectivity index (χ0n) is 11.0. The molecule has 0 spiro atoms. The quantitative estimate of drug-likeness (QED) is 0.871. The summed E-state index contributed by atoms with van der Waals surface area (Å²) in [5, 5.41) is 5.98. The highest BCUT2D eigenvalue weighted by Crippen LogP contribution is 2.40. The molecule has 104 valence electrons. The summed E-state index contributed by atoms with van der Waals surface area (Å²) in [6.07, 6.45) is 4.20. The van der Waals surface area contributed by atoms with Gasteiger partial charge in [0.15, 0.2) is 5.82 Å². The summed E-state index contributed by atoms with van der Waals surface area (Å²) in [7, 11) is 0. The van der Waals surface area contributed by atoms with Crippen LogP contribution in [0.4, 0.5) is 0 Å². The van der Waals surface area contributed by atoms with E-state index in [0.29, 0.717) is 11.8 Å². The highest BCUT2D eigenvalue weighted by atomic mass is 32.1. The van der Waals surface area contributed by atoms with Gasteiger partial charge >= 0.3 is 0 Å². The van der Waals surface area contributed by atoms with Crippen LogP contribution in [0.2, 0.25) is 0 Å². The molecule has 2 fully saturated rings. The van der Waals surface area contributed by atoms with E-state index in [1.165, 1.54) is 11.3 Å². The second-order valence-electron chi connectivity index (χ2n) is 5.40. The Hall–Kier alpha value is -1.69. The van der Waals surface area contributed by atoms with Gasteiger partial charge in [-0.3, -0.25) is 4.79 Å². The number of amides is 1. The van der Waals surface area contributed by atoms with Crippen molar-refractivity contribution in [3.63, 3.8) is 0 Å². The maximum atomic E-state index is 12.5. The van der Waals surface area contributed by atoms with Crippen LogP contribution in [0, 0.1) is 0 Å². The first kappa shape index (κ1) is 12.1. The zero-order chi connectivity index (χ0) is 13.5. The minimum absolute atomic E-state index is 0.0513. The van der Waals surface area contributed by atoms with Crippen molar-refractivity contribution < 1.29 is 9.32 Å². The lowest BCUT2D eigenvalue weighted by Crippen LogP contribution is -2.30. The maximum Gasteiger partial charge on any atom is 0.264 e. The van der Waals surface area contributed by atoms with Crippen molar-refractivity contribution in [2.75, 3.05) is 6.54 Å². The molecule has 1 saturated heterocycles. The smallest absolute Gasteiger partial charge is 0.264 e. The van der Waals surface area contributed by atoms with E-state index in [4.69, 9.17) is 4.52 Å². The predicted molar refractivity (Wildman–Crippen MR) is 73.6 cm³/mol. The van der Waals surface area contributed by atoms with Gasteiger partial charge in [0.2, 0.25) is 5.89 Å². The third-order valence-corrected chi connectivity index (χ3v) is 4.79. The molecule has 5 nitrogen and oxygen atoms in total. The van der Waals surface area contributed by atoms with Gasteiger partial charge in [-0.05, 0) is 37.1 Å². The van der Waals surface area contributed by atoms with E-state index in [9.17, 15) is 4.79 Å². The molecule has 3 heterocycles. The van der Waals surface area contributed by atoms with E-state index < -0.39 is 0 Å². The summed E-state index contributed by atoms with van der Waals surface area (Å²) in [4.78, 5) is 19.6. The molecule has 6 heteroatoms. The largest absolute Gasteiger partial charge is 0.337 e. The minimum atomic E-state index is -0.0513. The molecule has 20 heavy (non-hydrogen) atoms. The van der Waals surface area contributed by atoms with E-state index >= 15 is 0 Å². The highest BCUT2D eigenvalue weighted by molar-refractivity contribution is 7.12. The van der Waals surface area contributed by atoms with Crippen LogP contribution in [-0.2, 0) is 0 Å². The SMILES string of the molecule is O=C(c1cccs1)N1CCCC1c1nc(C2CC2)no1. The number of nitrogens with zero attached hydrogens (tertiary/aromatic N) is 3. The number of carbonyl (C=O) groups is 1. The van der Waals surface area contributed by atoms with Gasteiger partial charge < -0.3 is 9.42 Å². The number of hydrogen-bond acceptors (Lipinski definition) is 5. The molecule has 0 N–H and O–H groups in total. The van der Waals surface area contributed by atoms with E-state index in [2.05, 4.69) is 10.1 Å². The first-order valence-electron chi connectivity index (χ1n) is 7.01. The molecular formula is C14H15N3O2S. The average molecular weight is 289 g/mol. The molecule has 4 rings (SSSR count). The van der Waals surface area contributed by atoms with Crippen LogP contribution in [-0.4, -0.2) is 27.5 Å². The van der Waals surface area contributed by atoms with E-state index in [1.54, 1.807) is 0 Å². The summed E-state index contributed by atoms with van der Waals surface area (Å²) in [5.74, 6) is 1.98. The molecule has 2 aromatic heterocycles. The van der Waals surface area contributed by atoms with Crippen LogP contribution in [0.25, 0.3) is 0 Å². The number of likely N-dealkylation sites (tertiary alicyclic amines) is 1. The second kappa shape index (κ2) is 4.70. The van der Waals surface area contributed by atoms with Crippen LogP contribution in [0.5, 0.6) is 0 Å². The Morgan fingerprint density at radius 3 is 3.05 bits per heavy atom. The molecule has 1 aliphatic heterocycles. The van der Waals surface area contributed by atoms with Crippen molar-refractivity contribution in [3.8, 4) is 0 Å². The van der Waals surface area contributed by atoms with Crippen LogP contribution in [0.3, 0.4) is 0 Å². The lowest BCUT2D eigenvalue weighted by Gasteiger charge is -2.20. The van der Waals surface area contributed by atoms with E-state index in [1.807, 2.05) is 22.4 Å². The van der Waals surface area contributed by atoms with Crippen LogP contribution in [0.1, 0.15) is 59.0 Å². The van der Waals surface area contributed by atoms with Crippen molar-refractivity contribution in [1.82, 2.24) is 15.0 Å². The molecule has 0 radical (unpaired) electrons. The second-order valence-corrected chi connectivity index (χ2v) is 6.35. The maximum absolute atomic E-state index is 12.5. The van der Waals surface area contributed by atoms with Crippen molar-refractivity contribution in [2.24, 2.45) is 0 Å². The first-order chi connectivity index (χ1) is 9.83.